The van der Waals surface area contributed by atoms with E-state index in [0.29, 0.717) is 0 Å². The summed E-state index contributed by atoms with van der Waals surface area (Å²) in [5, 5.41) is 16.6. The molecular formula is C19H35N5O6S. The molecule has 0 aliphatic carbocycles. The summed E-state index contributed by atoms with van der Waals surface area (Å²) in [4.78, 5) is 60.4. The number of carbonyl (C=O) groups is 5. The van der Waals surface area contributed by atoms with Gasteiger partial charge in [-0.15, -0.1) is 0 Å². The molecule has 0 saturated heterocycles. The average molecular weight is 462 g/mol. The molecule has 178 valence electrons. The van der Waals surface area contributed by atoms with Crippen LogP contribution in [-0.2, 0) is 24.0 Å². The third-order valence-electron chi connectivity index (χ3n) is 4.23. The zero-order valence-corrected chi connectivity index (χ0v) is 19.3. The minimum Gasteiger partial charge on any atom is -0.480 e. The molecule has 12 heteroatoms. The summed E-state index contributed by atoms with van der Waals surface area (Å²) in [6.45, 7) is 7.25. The topological polar surface area (TPSA) is 194 Å². The number of carboxylic acid groups (broad SMARTS) is 1. The molecule has 4 atom stereocenters. The van der Waals surface area contributed by atoms with E-state index in [2.05, 4.69) is 28.6 Å². The summed E-state index contributed by atoms with van der Waals surface area (Å²) in [5.41, 5.74) is 10.8. The zero-order valence-electron chi connectivity index (χ0n) is 18.4. The molecule has 0 bridgehead atoms. The fraction of sp³-hybridized carbons (Fsp3) is 0.737. The van der Waals surface area contributed by atoms with Gasteiger partial charge in [0, 0.05) is 5.75 Å². The SMILES string of the molecule is CC(C)CC(NC(=O)C(CC(N)=O)NC(=O)C(CC(C)C)NC(=O)C(N)CS)C(=O)O. The lowest BCUT2D eigenvalue weighted by molar-refractivity contribution is -0.143. The van der Waals surface area contributed by atoms with Crippen molar-refractivity contribution in [3.8, 4) is 0 Å². The van der Waals surface area contributed by atoms with Crippen LogP contribution in [0.1, 0.15) is 47.0 Å². The Morgan fingerprint density at radius 3 is 1.65 bits per heavy atom. The molecular weight excluding hydrogens is 426 g/mol. The Morgan fingerprint density at radius 2 is 1.23 bits per heavy atom. The first-order chi connectivity index (χ1) is 14.3. The van der Waals surface area contributed by atoms with Crippen molar-refractivity contribution < 1.29 is 29.1 Å². The molecule has 0 aromatic heterocycles. The number of hydrogen-bond donors (Lipinski definition) is 7. The summed E-state index contributed by atoms with van der Waals surface area (Å²) in [6, 6.07) is -4.54. The normalized spacial score (nSPS) is 15.0. The predicted molar refractivity (Wildman–Crippen MR) is 118 cm³/mol. The number of primary amides is 1. The number of carbonyl (C=O) groups excluding carboxylic acids is 4. The van der Waals surface area contributed by atoms with Crippen LogP contribution < -0.4 is 27.4 Å². The van der Waals surface area contributed by atoms with Crippen LogP contribution in [0.4, 0.5) is 0 Å². The summed E-state index contributed by atoms with van der Waals surface area (Å²) >= 11 is 3.95. The summed E-state index contributed by atoms with van der Waals surface area (Å²) < 4.78 is 0. The molecule has 4 unspecified atom stereocenters. The molecule has 0 heterocycles. The number of nitrogens with one attached hydrogen (secondary N) is 3. The van der Waals surface area contributed by atoms with E-state index < -0.39 is 60.2 Å². The molecule has 0 radical (unpaired) electrons. The van der Waals surface area contributed by atoms with Gasteiger partial charge in [0.1, 0.15) is 18.1 Å². The molecule has 8 N–H and O–H groups in total. The van der Waals surface area contributed by atoms with E-state index in [9.17, 15) is 29.1 Å². The number of thiol groups is 1. The number of amides is 4. The Bertz CT molecular complexity index is 658. The highest BCUT2D eigenvalue weighted by Crippen LogP contribution is 2.08. The van der Waals surface area contributed by atoms with Crippen molar-refractivity contribution in [2.45, 2.75) is 71.1 Å². The second-order valence-electron chi connectivity index (χ2n) is 8.24. The number of nitrogens with two attached hydrogens (primary N) is 2. The van der Waals surface area contributed by atoms with Gasteiger partial charge < -0.3 is 32.5 Å². The fourth-order valence-electron chi connectivity index (χ4n) is 2.71. The Labute approximate surface area is 187 Å². The highest BCUT2D eigenvalue weighted by atomic mass is 32.1. The van der Waals surface area contributed by atoms with Crippen molar-refractivity contribution in [3.63, 3.8) is 0 Å². The second kappa shape index (κ2) is 13.9. The lowest BCUT2D eigenvalue weighted by Crippen LogP contribution is -2.58. The van der Waals surface area contributed by atoms with Gasteiger partial charge >= 0.3 is 5.97 Å². The molecule has 0 saturated carbocycles. The van der Waals surface area contributed by atoms with E-state index in [4.69, 9.17) is 11.5 Å². The van der Waals surface area contributed by atoms with Gasteiger partial charge in [0.25, 0.3) is 0 Å². The third kappa shape index (κ3) is 11.6. The number of hydrogen-bond acceptors (Lipinski definition) is 7. The molecule has 4 amide bonds. The summed E-state index contributed by atoms with van der Waals surface area (Å²) in [5.74, 6) is -4.21. The molecule has 0 aromatic carbocycles. The van der Waals surface area contributed by atoms with E-state index in [1.54, 1.807) is 13.8 Å². The first-order valence-electron chi connectivity index (χ1n) is 10.1. The first-order valence-corrected chi connectivity index (χ1v) is 10.7. The maximum atomic E-state index is 12.8. The van der Waals surface area contributed by atoms with Crippen LogP contribution in [0.3, 0.4) is 0 Å². The van der Waals surface area contributed by atoms with Gasteiger partial charge in [-0.1, -0.05) is 27.7 Å². The van der Waals surface area contributed by atoms with Gasteiger partial charge in [-0.3, -0.25) is 19.2 Å². The summed E-state index contributed by atoms with van der Waals surface area (Å²) in [6.07, 6.45) is -0.136. The number of aliphatic carboxylic acids is 1. The highest BCUT2D eigenvalue weighted by Gasteiger charge is 2.31. The lowest BCUT2D eigenvalue weighted by atomic mass is 10.0. The van der Waals surface area contributed by atoms with Gasteiger partial charge in [0.05, 0.1) is 12.5 Å². The maximum Gasteiger partial charge on any atom is 0.326 e. The quantitative estimate of drug-likeness (QED) is 0.157. The van der Waals surface area contributed by atoms with E-state index >= 15 is 0 Å². The molecule has 0 fully saturated rings. The van der Waals surface area contributed by atoms with Crippen molar-refractivity contribution in [3.05, 3.63) is 0 Å². The van der Waals surface area contributed by atoms with Crippen LogP contribution in [0.5, 0.6) is 0 Å². The standard InChI is InChI=1S/C19H35N5O6S/c1-9(2)5-12(22-16(26)11(20)8-31)17(27)23-13(7-15(21)25)18(28)24-14(19(29)30)6-10(3)4/h9-14,31H,5-8,20H2,1-4H3,(H2,21,25)(H,22,26)(H,23,27)(H,24,28)(H,29,30). The van der Waals surface area contributed by atoms with Crippen molar-refractivity contribution >= 4 is 42.2 Å². The Morgan fingerprint density at radius 1 is 0.806 bits per heavy atom. The van der Waals surface area contributed by atoms with Crippen LogP contribution >= 0.6 is 12.6 Å². The van der Waals surface area contributed by atoms with Crippen LogP contribution in [0.25, 0.3) is 0 Å². The van der Waals surface area contributed by atoms with Crippen LogP contribution in [0.2, 0.25) is 0 Å². The molecule has 0 aromatic rings. The molecule has 0 aliphatic rings. The van der Waals surface area contributed by atoms with Crippen LogP contribution in [0.15, 0.2) is 0 Å². The van der Waals surface area contributed by atoms with Gasteiger partial charge in [0.15, 0.2) is 0 Å². The van der Waals surface area contributed by atoms with Gasteiger partial charge in [-0.2, -0.15) is 12.6 Å². The van der Waals surface area contributed by atoms with Crippen LogP contribution in [-0.4, -0.2) is 64.6 Å². The number of carboxylic acids is 1. The zero-order chi connectivity index (χ0) is 24.3. The van der Waals surface area contributed by atoms with Gasteiger partial charge in [-0.25, -0.2) is 4.79 Å². The average Bonchev–Trinajstić information content (AvgIpc) is 2.64. The van der Waals surface area contributed by atoms with Crippen molar-refractivity contribution in [2.24, 2.45) is 23.3 Å². The van der Waals surface area contributed by atoms with Crippen molar-refractivity contribution in [2.75, 3.05) is 5.75 Å². The van der Waals surface area contributed by atoms with E-state index in [1.807, 2.05) is 13.8 Å². The van der Waals surface area contributed by atoms with Gasteiger partial charge in [0.2, 0.25) is 23.6 Å². The van der Waals surface area contributed by atoms with Crippen molar-refractivity contribution in [1.82, 2.24) is 16.0 Å². The molecule has 31 heavy (non-hydrogen) atoms. The van der Waals surface area contributed by atoms with E-state index in [-0.39, 0.29) is 30.4 Å². The van der Waals surface area contributed by atoms with E-state index in [1.165, 1.54) is 0 Å². The van der Waals surface area contributed by atoms with Crippen LogP contribution in [0, 0.1) is 11.8 Å². The number of rotatable bonds is 14. The second-order valence-corrected chi connectivity index (χ2v) is 8.61. The van der Waals surface area contributed by atoms with Crippen molar-refractivity contribution in [1.29, 1.82) is 0 Å². The first kappa shape index (κ1) is 28.7. The molecule has 0 rings (SSSR count). The largest absolute Gasteiger partial charge is 0.480 e. The Hall–Kier alpha value is -2.34. The minimum atomic E-state index is -1.40. The minimum absolute atomic E-state index is 0.00845. The monoisotopic (exact) mass is 461 g/mol. The molecule has 0 aliphatic heterocycles. The molecule has 11 nitrogen and oxygen atoms in total. The maximum absolute atomic E-state index is 12.8. The Balaban J connectivity index is 5.49. The predicted octanol–water partition coefficient (Wildman–Crippen LogP) is -1.25. The molecule has 0 spiro atoms. The fourth-order valence-corrected chi connectivity index (χ4v) is 2.88. The summed E-state index contributed by atoms with van der Waals surface area (Å²) in [7, 11) is 0. The third-order valence-corrected chi connectivity index (χ3v) is 4.63. The smallest absolute Gasteiger partial charge is 0.326 e. The highest BCUT2D eigenvalue weighted by molar-refractivity contribution is 7.80. The van der Waals surface area contributed by atoms with Gasteiger partial charge in [-0.05, 0) is 24.7 Å². The van der Waals surface area contributed by atoms with E-state index in [0.717, 1.165) is 0 Å². The Kier molecular flexibility index (Phi) is 12.8. The lowest BCUT2D eigenvalue weighted by Gasteiger charge is -2.25.